The molecule has 0 bridgehead atoms. The molecule has 22 heavy (non-hydrogen) atoms. The second-order valence-corrected chi connectivity index (χ2v) is 5.11. The van der Waals surface area contributed by atoms with Crippen LogP contribution in [0.3, 0.4) is 0 Å². The number of ether oxygens (including phenoxy) is 2. The van der Waals surface area contributed by atoms with Crippen molar-refractivity contribution in [2.24, 2.45) is 0 Å². The number of rotatable bonds is 4. The first-order valence-electron chi connectivity index (χ1n) is 7.16. The molecule has 3 rings (SSSR count). The van der Waals surface area contributed by atoms with Crippen LogP contribution in [0, 0.1) is 6.92 Å². The zero-order valence-corrected chi connectivity index (χ0v) is 12.3. The monoisotopic (exact) mass is 299 g/mol. The van der Waals surface area contributed by atoms with Crippen molar-refractivity contribution >= 4 is 11.7 Å². The Morgan fingerprint density at radius 1 is 1.36 bits per heavy atom. The van der Waals surface area contributed by atoms with Gasteiger partial charge in [-0.05, 0) is 25.1 Å². The van der Waals surface area contributed by atoms with E-state index < -0.39 is 0 Å². The molecule has 1 amide bonds. The Labute approximate surface area is 128 Å². The van der Waals surface area contributed by atoms with Gasteiger partial charge in [0.1, 0.15) is 11.9 Å². The third-order valence-corrected chi connectivity index (χ3v) is 3.30. The molecular weight excluding hydrogens is 282 g/mol. The first kappa shape index (κ1) is 14.5. The van der Waals surface area contributed by atoms with Gasteiger partial charge >= 0.3 is 0 Å². The predicted octanol–water partition coefficient (Wildman–Crippen LogP) is 2.21. The number of amides is 1. The van der Waals surface area contributed by atoms with Crippen LogP contribution < -0.4 is 10.1 Å². The quantitative estimate of drug-likeness (QED) is 0.937. The molecule has 1 N–H and O–H groups in total. The normalized spacial score (nSPS) is 17.2. The molecule has 114 valence electrons. The predicted molar refractivity (Wildman–Crippen MR) is 81.0 cm³/mol. The van der Waals surface area contributed by atoms with Crippen molar-refractivity contribution in [2.45, 2.75) is 19.4 Å². The first-order chi connectivity index (χ1) is 10.7. The van der Waals surface area contributed by atoms with Crippen molar-refractivity contribution in [1.29, 1.82) is 0 Å². The van der Waals surface area contributed by atoms with Crippen molar-refractivity contribution in [3.8, 4) is 5.88 Å². The molecule has 6 nitrogen and oxygen atoms in total. The molecule has 0 aliphatic carbocycles. The van der Waals surface area contributed by atoms with Crippen molar-refractivity contribution in [1.82, 2.24) is 9.97 Å². The Hall–Kier alpha value is -2.47. The van der Waals surface area contributed by atoms with Gasteiger partial charge in [0.05, 0.1) is 18.8 Å². The molecule has 2 aromatic heterocycles. The van der Waals surface area contributed by atoms with Crippen molar-refractivity contribution in [2.75, 3.05) is 18.5 Å². The van der Waals surface area contributed by atoms with Crippen LogP contribution >= 0.6 is 0 Å². The average molecular weight is 299 g/mol. The number of hydrogen-bond acceptors (Lipinski definition) is 5. The number of carbonyl (C=O) groups excluding carboxylic acids is 1. The highest BCUT2D eigenvalue weighted by molar-refractivity contribution is 6.03. The lowest BCUT2D eigenvalue weighted by atomic mass is 10.2. The van der Waals surface area contributed by atoms with E-state index in [9.17, 15) is 4.79 Å². The lowest BCUT2D eigenvalue weighted by Gasteiger charge is -2.11. The van der Waals surface area contributed by atoms with E-state index >= 15 is 0 Å². The maximum atomic E-state index is 12.1. The lowest BCUT2D eigenvalue weighted by molar-refractivity contribution is 0.102. The topological polar surface area (TPSA) is 73.3 Å². The van der Waals surface area contributed by atoms with Gasteiger partial charge in [-0.3, -0.25) is 4.79 Å². The summed E-state index contributed by atoms with van der Waals surface area (Å²) in [6, 6.07) is 8.84. The molecule has 1 saturated heterocycles. The molecule has 0 aromatic carbocycles. The summed E-state index contributed by atoms with van der Waals surface area (Å²) in [5, 5.41) is 2.74. The molecule has 0 radical (unpaired) electrons. The van der Waals surface area contributed by atoms with Gasteiger partial charge < -0.3 is 14.8 Å². The molecule has 0 unspecified atom stereocenters. The van der Waals surface area contributed by atoms with E-state index in [4.69, 9.17) is 9.47 Å². The number of anilines is 1. The SMILES string of the molecule is Cc1cccc(NC(=O)c2ccc(O[C@H]3CCOC3)nc2)n1. The third-order valence-electron chi connectivity index (χ3n) is 3.30. The van der Waals surface area contributed by atoms with Gasteiger partial charge in [0, 0.05) is 24.4 Å². The molecule has 1 fully saturated rings. The van der Waals surface area contributed by atoms with E-state index in [1.807, 2.05) is 19.1 Å². The van der Waals surface area contributed by atoms with Crippen LogP contribution in [0.25, 0.3) is 0 Å². The number of hydrogen-bond donors (Lipinski definition) is 1. The number of pyridine rings is 2. The molecule has 0 spiro atoms. The summed E-state index contributed by atoms with van der Waals surface area (Å²) in [4.78, 5) is 20.5. The van der Waals surface area contributed by atoms with Gasteiger partial charge in [-0.25, -0.2) is 9.97 Å². The Bertz CT molecular complexity index is 652. The van der Waals surface area contributed by atoms with Crippen LogP contribution in [0.5, 0.6) is 5.88 Å². The van der Waals surface area contributed by atoms with Gasteiger partial charge in [0.15, 0.2) is 0 Å². The van der Waals surface area contributed by atoms with Crippen LogP contribution in [0.2, 0.25) is 0 Å². The number of aromatic nitrogens is 2. The highest BCUT2D eigenvalue weighted by Crippen LogP contribution is 2.15. The van der Waals surface area contributed by atoms with E-state index in [1.165, 1.54) is 6.20 Å². The maximum Gasteiger partial charge on any atom is 0.258 e. The highest BCUT2D eigenvalue weighted by atomic mass is 16.5. The van der Waals surface area contributed by atoms with E-state index in [-0.39, 0.29) is 12.0 Å². The average Bonchev–Trinajstić information content (AvgIpc) is 3.01. The fourth-order valence-electron chi connectivity index (χ4n) is 2.16. The van der Waals surface area contributed by atoms with Gasteiger partial charge in [0.2, 0.25) is 5.88 Å². The minimum Gasteiger partial charge on any atom is -0.472 e. The van der Waals surface area contributed by atoms with E-state index in [2.05, 4.69) is 15.3 Å². The third kappa shape index (κ3) is 3.59. The second kappa shape index (κ2) is 6.53. The summed E-state index contributed by atoms with van der Waals surface area (Å²) in [7, 11) is 0. The summed E-state index contributed by atoms with van der Waals surface area (Å²) >= 11 is 0. The largest absolute Gasteiger partial charge is 0.472 e. The molecule has 1 aliphatic rings. The summed E-state index contributed by atoms with van der Waals surface area (Å²) < 4.78 is 10.9. The fraction of sp³-hybridized carbons (Fsp3) is 0.312. The number of carbonyl (C=O) groups is 1. The van der Waals surface area contributed by atoms with Crippen LogP contribution in [0.15, 0.2) is 36.5 Å². The summed E-state index contributed by atoms with van der Waals surface area (Å²) in [6.45, 7) is 3.17. The van der Waals surface area contributed by atoms with Crippen molar-refractivity contribution in [3.05, 3.63) is 47.8 Å². The van der Waals surface area contributed by atoms with Crippen LogP contribution in [-0.4, -0.2) is 35.2 Å². The Balaban J connectivity index is 1.63. The van der Waals surface area contributed by atoms with Crippen LogP contribution in [0.4, 0.5) is 5.82 Å². The molecule has 1 atom stereocenters. The molecule has 3 heterocycles. The molecule has 2 aromatic rings. The summed E-state index contributed by atoms with van der Waals surface area (Å²) in [5.41, 5.74) is 1.30. The highest BCUT2D eigenvalue weighted by Gasteiger charge is 2.17. The summed E-state index contributed by atoms with van der Waals surface area (Å²) in [5.74, 6) is 0.774. The van der Waals surface area contributed by atoms with Gasteiger partial charge in [0.25, 0.3) is 5.91 Å². The van der Waals surface area contributed by atoms with E-state index in [0.29, 0.717) is 30.5 Å². The maximum absolute atomic E-state index is 12.1. The van der Waals surface area contributed by atoms with Gasteiger partial charge in [-0.1, -0.05) is 6.07 Å². The van der Waals surface area contributed by atoms with E-state index in [0.717, 1.165) is 12.1 Å². The van der Waals surface area contributed by atoms with Crippen molar-refractivity contribution < 1.29 is 14.3 Å². The minimum absolute atomic E-state index is 0.0451. The van der Waals surface area contributed by atoms with Crippen LogP contribution in [-0.2, 0) is 4.74 Å². The second-order valence-electron chi connectivity index (χ2n) is 5.11. The smallest absolute Gasteiger partial charge is 0.258 e. The van der Waals surface area contributed by atoms with E-state index in [1.54, 1.807) is 18.2 Å². The zero-order valence-electron chi connectivity index (χ0n) is 12.3. The Morgan fingerprint density at radius 3 is 2.95 bits per heavy atom. The first-order valence-corrected chi connectivity index (χ1v) is 7.16. The van der Waals surface area contributed by atoms with Crippen molar-refractivity contribution in [3.63, 3.8) is 0 Å². The Kier molecular flexibility index (Phi) is 4.29. The molecule has 6 heteroatoms. The lowest BCUT2D eigenvalue weighted by Crippen LogP contribution is -2.17. The minimum atomic E-state index is -0.249. The summed E-state index contributed by atoms with van der Waals surface area (Å²) in [6.07, 6.45) is 2.41. The van der Waals surface area contributed by atoms with Gasteiger partial charge in [-0.2, -0.15) is 0 Å². The molecule has 0 saturated carbocycles. The van der Waals surface area contributed by atoms with Crippen LogP contribution in [0.1, 0.15) is 22.5 Å². The standard InChI is InChI=1S/C16H17N3O3/c1-11-3-2-4-14(18-11)19-16(20)12-5-6-15(17-9-12)22-13-7-8-21-10-13/h2-6,9,13H,7-8,10H2,1H3,(H,18,19,20)/t13-/m0/s1. The molecule has 1 aliphatic heterocycles. The Morgan fingerprint density at radius 2 is 2.27 bits per heavy atom. The number of nitrogens with one attached hydrogen (secondary N) is 1. The number of nitrogens with zero attached hydrogens (tertiary/aromatic N) is 2. The molecular formula is C16H17N3O3. The number of aryl methyl sites for hydroxylation is 1. The fourth-order valence-corrected chi connectivity index (χ4v) is 2.16. The van der Waals surface area contributed by atoms with Gasteiger partial charge in [-0.15, -0.1) is 0 Å². The zero-order chi connectivity index (χ0) is 15.4.